The minimum absolute atomic E-state index is 0.00772. The van der Waals surface area contributed by atoms with Crippen molar-refractivity contribution in [1.82, 2.24) is 9.80 Å². The van der Waals surface area contributed by atoms with Gasteiger partial charge in [-0.25, -0.2) is 0 Å². The maximum atomic E-state index is 12.5. The van der Waals surface area contributed by atoms with E-state index in [0.29, 0.717) is 19.1 Å². The van der Waals surface area contributed by atoms with Crippen molar-refractivity contribution >= 4 is 23.2 Å². The smallest absolute Gasteiger partial charge is 0.300 e. The molecule has 1 aromatic carbocycles. The standard InChI is InChI=1S/C14H18ClN3O3/c1-10(2)16-6-8-17(9-7-16)14(19)11-4-3-5-12(15)13(11)18(20)21/h3-5,10H,6-9H2,1-2H3. The Labute approximate surface area is 128 Å². The Balaban J connectivity index is 2.19. The van der Waals surface area contributed by atoms with E-state index in [9.17, 15) is 14.9 Å². The van der Waals surface area contributed by atoms with Gasteiger partial charge in [0.1, 0.15) is 10.6 Å². The fourth-order valence-electron chi connectivity index (χ4n) is 2.49. The van der Waals surface area contributed by atoms with Crippen molar-refractivity contribution in [2.45, 2.75) is 19.9 Å². The highest BCUT2D eigenvalue weighted by Gasteiger charge is 2.29. The Hall–Kier alpha value is -1.66. The van der Waals surface area contributed by atoms with Crippen LogP contribution in [0.5, 0.6) is 0 Å². The fourth-order valence-corrected chi connectivity index (χ4v) is 2.73. The lowest BCUT2D eigenvalue weighted by atomic mass is 10.1. The fraction of sp³-hybridized carbons (Fsp3) is 0.500. The Morgan fingerprint density at radius 2 is 1.90 bits per heavy atom. The van der Waals surface area contributed by atoms with Crippen LogP contribution in [0.1, 0.15) is 24.2 Å². The first kappa shape index (κ1) is 15.7. The van der Waals surface area contributed by atoms with E-state index in [0.717, 1.165) is 13.1 Å². The maximum Gasteiger partial charge on any atom is 0.300 e. The highest BCUT2D eigenvalue weighted by Crippen LogP contribution is 2.29. The van der Waals surface area contributed by atoms with Gasteiger partial charge in [0.15, 0.2) is 0 Å². The third-order valence-electron chi connectivity index (χ3n) is 3.73. The summed E-state index contributed by atoms with van der Waals surface area (Å²) in [6.45, 7) is 6.91. The van der Waals surface area contributed by atoms with Crippen LogP contribution in [0.4, 0.5) is 5.69 Å². The molecule has 0 N–H and O–H groups in total. The molecule has 1 fully saturated rings. The number of piperazine rings is 1. The summed E-state index contributed by atoms with van der Waals surface area (Å²) in [6.07, 6.45) is 0. The SMILES string of the molecule is CC(C)N1CCN(C(=O)c2cccc(Cl)c2[N+](=O)[O-])CC1. The molecule has 0 saturated carbocycles. The zero-order valence-corrected chi connectivity index (χ0v) is 12.8. The number of carbonyl (C=O) groups excluding carboxylic acids is 1. The largest absolute Gasteiger partial charge is 0.336 e. The number of amides is 1. The van der Waals surface area contributed by atoms with Gasteiger partial charge in [0.2, 0.25) is 0 Å². The van der Waals surface area contributed by atoms with Crippen molar-refractivity contribution in [2.24, 2.45) is 0 Å². The highest BCUT2D eigenvalue weighted by molar-refractivity contribution is 6.33. The summed E-state index contributed by atoms with van der Waals surface area (Å²) in [5, 5.41) is 11.1. The predicted octanol–water partition coefficient (Wildman–Crippen LogP) is 2.41. The first-order valence-electron chi connectivity index (χ1n) is 6.88. The molecule has 0 aliphatic carbocycles. The molecule has 0 unspecified atom stereocenters. The predicted molar refractivity (Wildman–Crippen MR) is 80.7 cm³/mol. The zero-order chi connectivity index (χ0) is 15.6. The highest BCUT2D eigenvalue weighted by atomic mass is 35.5. The van der Waals surface area contributed by atoms with E-state index < -0.39 is 4.92 Å². The number of hydrogen-bond acceptors (Lipinski definition) is 4. The summed E-state index contributed by atoms with van der Waals surface area (Å²) >= 11 is 5.85. The third kappa shape index (κ3) is 3.33. The van der Waals surface area contributed by atoms with Gasteiger partial charge in [-0.2, -0.15) is 0 Å². The van der Waals surface area contributed by atoms with Crippen molar-refractivity contribution in [3.05, 3.63) is 38.9 Å². The van der Waals surface area contributed by atoms with E-state index >= 15 is 0 Å². The molecule has 1 aliphatic rings. The molecule has 2 rings (SSSR count). The normalized spacial score (nSPS) is 16.3. The molecule has 0 spiro atoms. The minimum Gasteiger partial charge on any atom is -0.336 e. The second-order valence-electron chi connectivity index (χ2n) is 5.32. The molecule has 114 valence electrons. The van der Waals surface area contributed by atoms with E-state index in [2.05, 4.69) is 18.7 Å². The van der Waals surface area contributed by atoms with Crippen molar-refractivity contribution in [3.63, 3.8) is 0 Å². The van der Waals surface area contributed by atoms with Crippen LogP contribution >= 0.6 is 11.6 Å². The van der Waals surface area contributed by atoms with Crippen LogP contribution in [0.25, 0.3) is 0 Å². The van der Waals surface area contributed by atoms with Crippen LogP contribution in [0, 0.1) is 10.1 Å². The van der Waals surface area contributed by atoms with E-state index in [4.69, 9.17) is 11.6 Å². The number of para-hydroxylation sites is 1. The summed E-state index contributed by atoms with van der Waals surface area (Å²) in [4.78, 5) is 26.9. The molecule has 6 nitrogen and oxygen atoms in total. The van der Waals surface area contributed by atoms with Crippen LogP contribution in [-0.4, -0.2) is 52.9 Å². The Morgan fingerprint density at radius 3 is 2.43 bits per heavy atom. The molecule has 1 heterocycles. The second-order valence-corrected chi connectivity index (χ2v) is 5.72. The molecule has 0 aromatic heterocycles. The first-order valence-corrected chi connectivity index (χ1v) is 7.26. The molecule has 1 aromatic rings. The maximum absolute atomic E-state index is 12.5. The summed E-state index contributed by atoms with van der Waals surface area (Å²) in [6, 6.07) is 4.88. The summed E-state index contributed by atoms with van der Waals surface area (Å²) in [7, 11) is 0. The number of nitrogens with zero attached hydrogens (tertiary/aromatic N) is 3. The van der Waals surface area contributed by atoms with Gasteiger partial charge in [0.25, 0.3) is 5.91 Å². The van der Waals surface area contributed by atoms with Gasteiger partial charge in [-0.3, -0.25) is 19.8 Å². The van der Waals surface area contributed by atoms with Crippen molar-refractivity contribution in [3.8, 4) is 0 Å². The lowest BCUT2D eigenvalue weighted by Crippen LogP contribution is -2.50. The summed E-state index contributed by atoms with van der Waals surface area (Å²) in [5.74, 6) is -0.326. The molecular weight excluding hydrogens is 294 g/mol. The minimum atomic E-state index is -0.597. The molecule has 1 amide bonds. The number of carbonyl (C=O) groups is 1. The van der Waals surface area contributed by atoms with Crippen LogP contribution in [-0.2, 0) is 0 Å². The van der Waals surface area contributed by atoms with Gasteiger partial charge in [0, 0.05) is 32.2 Å². The van der Waals surface area contributed by atoms with Crippen LogP contribution in [0.2, 0.25) is 5.02 Å². The zero-order valence-electron chi connectivity index (χ0n) is 12.1. The summed E-state index contributed by atoms with van der Waals surface area (Å²) in [5.41, 5.74) is -0.249. The first-order chi connectivity index (χ1) is 9.91. The van der Waals surface area contributed by atoms with Gasteiger partial charge in [-0.05, 0) is 26.0 Å². The number of benzene rings is 1. The van der Waals surface area contributed by atoms with Crippen molar-refractivity contribution in [2.75, 3.05) is 26.2 Å². The second kappa shape index (κ2) is 6.41. The average molecular weight is 312 g/mol. The van der Waals surface area contributed by atoms with Gasteiger partial charge >= 0.3 is 5.69 Å². The lowest BCUT2D eigenvalue weighted by molar-refractivity contribution is -0.385. The van der Waals surface area contributed by atoms with Crippen molar-refractivity contribution < 1.29 is 9.72 Å². The van der Waals surface area contributed by atoms with Gasteiger partial charge in [-0.1, -0.05) is 17.7 Å². The number of rotatable bonds is 3. The van der Waals surface area contributed by atoms with E-state index in [1.54, 1.807) is 11.0 Å². The van der Waals surface area contributed by atoms with Gasteiger partial charge < -0.3 is 4.90 Å². The number of nitro benzene ring substituents is 1. The van der Waals surface area contributed by atoms with E-state index in [1.807, 2.05) is 0 Å². The van der Waals surface area contributed by atoms with Gasteiger partial charge in [-0.15, -0.1) is 0 Å². The molecule has 21 heavy (non-hydrogen) atoms. The third-order valence-corrected chi connectivity index (χ3v) is 4.04. The average Bonchev–Trinajstić information content (AvgIpc) is 2.46. The number of hydrogen-bond donors (Lipinski definition) is 0. The Bertz CT molecular complexity index is 554. The van der Waals surface area contributed by atoms with Crippen LogP contribution < -0.4 is 0 Å². The quantitative estimate of drug-likeness (QED) is 0.635. The number of halogens is 1. The van der Waals surface area contributed by atoms with E-state index in [1.165, 1.54) is 12.1 Å². The van der Waals surface area contributed by atoms with Crippen LogP contribution in [0.15, 0.2) is 18.2 Å². The van der Waals surface area contributed by atoms with Gasteiger partial charge in [0.05, 0.1) is 4.92 Å². The molecule has 0 radical (unpaired) electrons. The molecule has 0 atom stereocenters. The molecular formula is C14H18ClN3O3. The molecule has 0 bridgehead atoms. The lowest BCUT2D eigenvalue weighted by Gasteiger charge is -2.36. The number of nitro groups is 1. The molecule has 1 aliphatic heterocycles. The Morgan fingerprint density at radius 1 is 1.29 bits per heavy atom. The van der Waals surface area contributed by atoms with Crippen molar-refractivity contribution in [1.29, 1.82) is 0 Å². The molecule has 7 heteroatoms. The molecule has 1 saturated heterocycles. The monoisotopic (exact) mass is 311 g/mol. The Kier molecular flexibility index (Phi) is 4.80. The van der Waals surface area contributed by atoms with E-state index in [-0.39, 0.29) is 22.2 Å². The summed E-state index contributed by atoms with van der Waals surface area (Å²) < 4.78 is 0. The topological polar surface area (TPSA) is 66.7 Å². The van der Waals surface area contributed by atoms with Crippen LogP contribution in [0.3, 0.4) is 0 Å².